The summed E-state index contributed by atoms with van der Waals surface area (Å²) >= 11 is 0. The summed E-state index contributed by atoms with van der Waals surface area (Å²) in [6.45, 7) is 0. The molecule has 0 radical (unpaired) electrons. The molecule has 2 heterocycles. The molecule has 1 unspecified atom stereocenters. The van der Waals surface area contributed by atoms with Gasteiger partial charge in [0.05, 0.1) is 16.8 Å². The van der Waals surface area contributed by atoms with Crippen LogP contribution in [0.15, 0.2) is 213 Å². The second kappa shape index (κ2) is 13.2. The Labute approximate surface area is 343 Å². The Bertz CT molecular complexity index is 3260. The van der Waals surface area contributed by atoms with Crippen molar-refractivity contribution in [3.8, 4) is 78.4 Å². The lowest BCUT2D eigenvalue weighted by atomic mass is 9.65. The predicted molar refractivity (Wildman–Crippen MR) is 241 cm³/mol. The minimum absolute atomic E-state index is 0.614. The number of hydrogen-bond donors (Lipinski definition) is 0. The highest BCUT2D eigenvalue weighted by molar-refractivity contribution is 6.06. The number of benzene rings is 8. The van der Waals surface area contributed by atoms with E-state index in [0.717, 1.165) is 39.2 Å². The SMILES string of the molecule is c1ccc(-c2cc(-c3ccc4c(c3)C3(c5ccccc5-c5ccccc5-4)c4ccccc4-c4c3ccc3ccccc43)nc(-c3ccc(-c4cccnc4)cc3)n2)cc1. The van der Waals surface area contributed by atoms with E-state index in [0.29, 0.717) is 5.82 Å². The first-order valence-corrected chi connectivity index (χ1v) is 20.2. The summed E-state index contributed by atoms with van der Waals surface area (Å²) in [6, 6.07) is 72.8. The van der Waals surface area contributed by atoms with Gasteiger partial charge in [0.15, 0.2) is 5.82 Å². The molecule has 0 saturated heterocycles. The van der Waals surface area contributed by atoms with Crippen LogP contribution in [0, 0.1) is 0 Å². The second-order valence-electron chi connectivity index (χ2n) is 15.5. The van der Waals surface area contributed by atoms with Crippen LogP contribution in [0.3, 0.4) is 0 Å². The summed E-state index contributed by atoms with van der Waals surface area (Å²) in [7, 11) is 0. The van der Waals surface area contributed by atoms with E-state index in [9.17, 15) is 0 Å². The molecular weight excluding hydrogens is 715 g/mol. The molecule has 12 rings (SSSR count). The monoisotopic (exact) mass is 749 g/mol. The molecular formula is C56H35N3. The average molecular weight is 750 g/mol. The molecule has 1 spiro atoms. The Kier molecular flexibility index (Phi) is 7.45. The van der Waals surface area contributed by atoms with E-state index in [-0.39, 0.29) is 0 Å². The van der Waals surface area contributed by atoms with Crippen molar-refractivity contribution in [2.75, 3.05) is 0 Å². The van der Waals surface area contributed by atoms with Crippen LogP contribution >= 0.6 is 0 Å². The zero-order valence-electron chi connectivity index (χ0n) is 32.0. The van der Waals surface area contributed by atoms with E-state index in [1.165, 1.54) is 66.4 Å². The van der Waals surface area contributed by atoms with Gasteiger partial charge in [-0.25, -0.2) is 9.97 Å². The van der Waals surface area contributed by atoms with Crippen molar-refractivity contribution < 1.29 is 0 Å². The van der Waals surface area contributed by atoms with Gasteiger partial charge in [-0.2, -0.15) is 0 Å². The first-order valence-electron chi connectivity index (χ1n) is 20.2. The molecule has 2 aliphatic carbocycles. The van der Waals surface area contributed by atoms with Crippen LogP contribution in [0.5, 0.6) is 0 Å². The fraction of sp³-hybridized carbons (Fsp3) is 0.0179. The van der Waals surface area contributed by atoms with Crippen molar-refractivity contribution in [3.05, 3.63) is 235 Å². The number of rotatable bonds is 4. The van der Waals surface area contributed by atoms with Crippen LogP contribution in [0.4, 0.5) is 0 Å². The van der Waals surface area contributed by atoms with Gasteiger partial charge in [0.1, 0.15) is 0 Å². The fourth-order valence-corrected chi connectivity index (χ4v) is 9.85. The molecule has 8 aromatic carbocycles. The summed E-state index contributed by atoms with van der Waals surface area (Å²) in [6.07, 6.45) is 3.70. The quantitative estimate of drug-likeness (QED) is 0.180. The normalized spacial score (nSPS) is 14.5. The van der Waals surface area contributed by atoms with Gasteiger partial charge in [-0.1, -0.05) is 182 Å². The fourth-order valence-electron chi connectivity index (χ4n) is 9.85. The molecule has 2 aromatic heterocycles. The number of hydrogen-bond acceptors (Lipinski definition) is 3. The summed E-state index contributed by atoms with van der Waals surface area (Å²) < 4.78 is 0. The number of fused-ring (bicyclic) bond motifs is 14. The molecule has 0 fully saturated rings. The van der Waals surface area contributed by atoms with Crippen molar-refractivity contribution in [1.29, 1.82) is 0 Å². The third kappa shape index (κ3) is 5.05. The van der Waals surface area contributed by atoms with Gasteiger partial charge in [-0.3, -0.25) is 4.98 Å². The largest absolute Gasteiger partial charge is 0.264 e. The molecule has 2 aliphatic rings. The smallest absolute Gasteiger partial charge is 0.160 e. The third-order valence-electron chi connectivity index (χ3n) is 12.4. The molecule has 274 valence electrons. The minimum atomic E-state index is -0.614. The number of aromatic nitrogens is 3. The van der Waals surface area contributed by atoms with Crippen molar-refractivity contribution in [2.45, 2.75) is 5.41 Å². The molecule has 10 aromatic rings. The second-order valence-corrected chi connectivity index (χ2v) is 15.5. The van der Waals surface area contributed by atoms with Crippen molar-refractivity contribution in [3.63, 3.8) is 0 Å². The van der Waals surface area contributed by atoms with Gasteiger partial charge in [0, 0.05) is 29.1 Å². The average Bonchev–Trinajstić information content (AvgIpc) is 3.57. The Balaban J connectivity index is 1.15. The summed E-state index contributed by atoms with van der Waals surface area (Å²) in [5.74, 6) is 0.683. The van der Waals surface area contributed by atoms with Crippen LogP contribution in [-0.4, -0.2) is 15.0 Å². The zero-order valence-corrected chi connectivity index (χ0v) is 32.0. The van der Waals surface area contributed by atoms with Gasteiger partial charge in [-0.15, -0.1) is 0 Å². The molecule has 1 atom stereocenters. The van der Waals surface area contributed by atoms with Gasteiger partial charge in [0.25, 0.3) is 0 Å². The van der Waals surface area contributed by atoms with E-state index < -0.39 is 5.41 Å². The summed E-state index contributed by atoms with van der Waals surface area (Å²) in [5.41, 5.74) is 19.0. The Morgan fingerprint density at radius 2 is 0.932 bits per heavy atom. The van der Waals surface area contributed by atoms with Crippen molar-refractivity contribution >= 4 is 10.8 Å². The summed E-state index contributed by atoms with van der Waals surface area (Å²) in [5, 5.41) is 2.52. The molecule has 0 amide bonds. The van der Waals surface area contributed by atoms with E-state index in [4.69, 9.17) is 9.97 Å². The van der Waals surface area contributed by atoms with E-state index in [1.54, 1.807) is 6.20 Å². The number of pyridine rings is 1. The van der Waals surface area contributed by atoms with E-state index >= 15 is 0 Å². The molecule has 0 N–H and O–H groups in total. The molecule has 3 heteroatoms. The maximum absolute atomic E-state index is 5.38. The van der Waals surface area contributed by atoms with Gasteiger partial charge in [0.2, 0.25) is 0 Å². The van der Waals surface area contributed by atoms with Crippen LogP contribution in [0.1, 0.15) is 22.3 Å². The van der Waals surface area contributed by atoms with Gasteiger partial charge >= 0.3 is 0 Å². The lowest BCUT2D eigenvalue weighted by Crippen LogP contribution is -2.29. The molecule has 0 aliphatic heterocycles. The maximum atomic E-state index is 5.38. The first kappa shape index (κ1) is 33.4. The maximum Gasteiger partial charge on any atom is 0.160 e. The van der Waals surface area contributed by atoms with E-state index in [1.807, 2.05) is 18.3 Å². The first-order chi connectivity index (χ1) is 29.3. The third-order valence-corrected chi connectivity index (χ3v) is 12.4. The molecule has 0 bridgehead atoms. The Morgan fingerprint density at radius 3 is 1.69 bits per heavy atom. The van der Waals surface area contributed by atoms with Crippen LogP contribution in [0.25, 0.3) is 89.2 Å². The lowest BCUT2D eigenvalue weighted by molar-refractivity contribution is 0.776. The zero-order chi connectivity index (χ0) is 38.9. The number of nitrogens with zero attached hydrogens (tertiary/aromatic N) is 3. The van der Waals surface area contributed by atoms with Gasteiger partial charge < -0.3 is 0 Å². The standard InChI is InChI=1S/C56H35N3/c1-2-14-38(15-3-1)52-34-53(59-55(58-52)39-26-24-36(25-27-39)41-16-12-32-57-35-41)40-28-30-46-44-19-7-6-18-43(44)45-20-8-10-22-48(45)56(51(46)33-40)49-23-11-9-21-47(49)54-42-17-5-4-13-37(42)29-31-50(54)56/h1-35H. The lowest BCUT2D eigenvalue weighted by Gasteiger charge is -2.35. The van der Waals surface area contributed by atoms with Crippen LogP contribution < -0.4 is 0 Å². The minimum Gasteiger partial charge on any atom is -0.264 e. The Morgan fingerprint density at radius 1 is 0.339 bits per heavy atom. The molecule has 3 nitrogen and oxygen atoms in total. The summed E-state index contributed by atoms with van der Waals surface area (Å²) in [4.78, 5) is 14.9. The highest BCUT2D eigenvalue weighted by Gasteiger charge is 2.50. The van der Waals surface area contributed by atoms with Gasteiger partial charge in [-0.05, 0) is 95.7 Å². The van der Waals surface area contributed by atoms with Crippen LogP contribution in [-0.2, 0) is 5.41 Å². The van der Waals surface area contributed by atoms with Crippen molar-refractivity contribution in [1.82, 2.24) is 15.0 Å². The molecule has 0 saturated carbocycles. The van der Waals surface area contributed by atoms with E-state index in [2.05, 4.69) is 193 Å². The molecule has 59 heavy (non-hydrogen) atoms. The predicted octanol–water partition coefficient (Wildman–Crippen LogP) is 13.7. The van der Waals surface area contributed by atoms with Crippen molar-refractivity contribution in [2.24, 2.45) is 0 Å². The topological polar surface area (TPSA) is 38.7 Å². The highest BCUT2D eigenvalue weighted by atomic mass is 14.9. The highest BCUT2D eigenvalue weighted by Crippen LogP contribution is 2.62. The van der Waals surface area contributed by atoms with Crippen LogP contribution in [0.2, 0.25) is 0 Å². The Hall–Kier alpha value is -7.75.